The van der Waals surface area contributed by atoms with Crippen molar-refractivity contribution in [3.8, 4) is 33.8 Å². The first kappa shape index (κ1) is 82.4. The van der Waals surface area contributed by atoms with Gasteiger partial charge >= 0.3 is 0 Å². The SMILES string of the molecule is Cc1cc(CO)c(-c2cn3ccc(N4CCCCC4)cc3n2)cc1Cl.Cc1cc(CO)c(-c2cn3ccc(N4CCN(S(=O)(=O)C5CC5)CC4)cc3n2)cc1Cl.Cc1cc(CO)c(-c2cn3ccc(N4CCNCC4)cc3n2)cc1Cl.Cc1cc(CO)c(C(=O)CBr)cc1Cl.Cl.Nc1cc(N2CCCCC2)ccn1. The summed E-state index contributed by atoms with van der Waals surface area (Å²) in [4.78, 5) is 39.1. The number of nitrogens with two attached hydrogens (primary N) is 1. The number of ketones is 1. The van der Waals surface area contributed by atoms with E-state index in [0.29, 0.717) is 63.2 Å². The number of benzene rings is 4. The van der Waals surface area contributed by atoms with E-state index >= 15 is 0 Å². The van der Waals surface area contributed by atoms with Gasteiger partial charge in [0.2, 0.25) is 10.0 Å². The average molecular weight is 1660 g/mol. The second-order valence-corrected chi connectivity index (χ2v) is 32.4. The predicted molar refractivity (Wildman–Crippen MR) is 448 cm³/mol. The van der Waals surface area contributed by atoms with Crippen molar-refractivity contribution in [2.24, 2.45) is 0 Å². The number of anilines is 5. The first-order chi connectivity index (χ1) is 52.1. The summed E-state index contributed by atoms with van der Waals surface area (Å²) in [6, 6.07) is 31.3. The number of fused-ring (bicyclic) bond motifs is 3. The number of imidazole rings is 3. The Hall–Kier alpha value is -7.59. The van der Waals surface area contributed by atoms with Crippen LogP contribution in [0.15, 0.2) is 140 Å². The van der Waals surface area contributed by atoms with E-state index in [4.69, 9.17) is 72.2 Å². The number of nitrogens with one attached hydrogen (secondary N) is 1. The lowest BCUT2D eigenvalue weighted by molar-refractivity contribution is 0.102. The number of rotatable bonds is 15. The van der Waals surface area contributed by atoms with Crippen molar-refractivity contribution < 1.29 is 33.6 Å². The summed E-state index contributed by atoms with van der Waals surface area (Å²) >= 11 is 27.9. The van der Waals surface area contributed by atoms with E-state index < -0.39 is 10.0 Å². The van der Waals surface area contributed by atoms with E-state index in [-0.39, 0.29) is 55.2 Å². The number of aliphatic hydroxyl groups excluding tert-OH is 4. The highest BCUT2D eigenvalue weighted by Crippen LogP contribution is 2.36. The minimum atomic E-state index is -3.11. The zero-order valence-corrected chi connectivity index (χ0v) is 67.9. The van der Waals surface area contributed by atoms with Crippen LogP contribution in [0.1, 0.15) is 106 Å². The third-order valence-electron chi connectivity index (χ3n) is 20.4. The van der Waals surface area contributed by atoms with Gasteiger partial charge in [-0.15, -0.1) is 12.4 Å². The van der Waals surface area contributed by atoms with Gasteiger partial charge in [0.05, 0.1) is 54.1 Å². The number of carbonyl (C=O) groups excluding carboxylic acids is 1. The predicted octanol–water partition coefficient (Wildman–Crippen LogP) is 15.2. The number of alkyl halides is 1. The Morgan fingerprint density at radius 3 is 1.21 bits per heavy atom. The molecule has 4 aliphatic heterocycles. The molecule has 21 nitrogen and oxygen atoms in total. The summed E-state index contributed by atoms with van der Waals surface area (Å²) < 4.78 is 32.6. The zero-order valence-electron chi connectivity index (χ0n) is 61.7. The maximum Gasteiger partial charge on any atom is 0.217 e. The zero-order chi connectivity index (χ0) is 76.3. The summed E-state index contributed by atoms with van der Waals surface area (Å²) in [7, 11) is -3.11. The number of hydrogen-bond donors (Lipinski definition) is 6. The Balaban J connectivity index is 0.000000140. The first-order valence-corrected chi connectivity index (χ1v) is 40.8. The summed E-state index contributed by atoms with van der Waals surface area (Å²) in [5.41, 5.74) is 25.2. The third kappa shape index (κ3) is 20.0. The van der Waals surface area contributed by atoms with Crippen molar-refractivity contribution in [3.63, 3.8) is 0 Å². The lowest BCUT2D eigenvalue weighted by Crippen LogP contribution is -2.49. The Bertz CT molecular complexity index is 4960. The quantitative estimate of drug-likeness (QED) is 0.0412. The molecule has 0 amide bonds. The number of carbonyl (C=O) groups is 1. The van der Waals surface area contributed by atoms with E-state index in [9.17, 15) is 28.5 Å². The molecule has 5 fully saturated rings. The van der Waals surface area contributed by atoms with E-state index in [1.165, 1.54) is 55.6 Å². The van der Waals surface area contributed by atoms with Crippen LogP contribution in [0.25, 0.3) is 50.7 Å². The smallest absolute Gasteiger partial charge is 0.217 e. The van der Waals surface area contributed by atoms with Crippen LogP contribution >= 0.6 is 74.7 Å². The van der Waals surface area contributed by atoms with Crippen LogP contribution < -0.4 is 30.7 Å². The molecular weight excluding hydrogens is 1570 g/mol. The molecule has 11 aromatic rings. The Kier molecular flexibility index (Phi) is 28.4. The van der Waals surface area contributed by atoms with Crippen LogP contribution in [0.5, 0.6) is 0 Å². The molecule has 1 aliphatic carbocycles. The minimum absolute atomic E-state index is 0. The van der Waals surface area contributed by atoms with Gasteiger partial charge in [0.1, 0.15) is 22.8 Å². The highest BCUT2D eigenvalue weighted by molar-refractivity contribution is 9.09. The van der Waals surface area contributed by atoms with Gasteiger partial charge in [-0.3, -0.25) is 4.79 Å². The third-order valence-corrected chi connectivity index (χ3v) is 24.9. The van der Waals surface area contributed by atoms with Crippen LogP contribution in [-0.4, -0.2) is 161 Å². The monoisotopic (exact) mass is 1660 g/mol. The number of aromatic nitrogens is 7. The fourth-order valence-electron chi connectivity index (χ4n) is 14.1. The number of hydrogen-bond acceptors (Lipinski definition) is 17. The molecule has 578 valence electrons. The minimum Gasteiger partial charge on any atom is -0.392 e. The molecule has 0 atom stereocenters. The van der Waals surface area contributed by atoms with Crippen molar-refractivity contribution in [2.75, 3.05) is 109 Å². The fraction of sp³-hybridized carbons (Fsp3) is 0.370. The van der Waals surface area contributed by atoms with Crippen LogP contribution in [0.2, 0.25) is 20.1 Å². The van der Waals surface area contributed by atoms with Crippen LogP contribution in [0.3, 0.4) is 0 Å². The largest absolute Gasteiger partial charge is 0.392 e. The standard InChI is InChI=1S/C22H25ClN4O3S.C20H22ClN3O.C19H21ClN4O.C10H10BrClO2.C10H15N3.ClH/c1-15-10-16(14-28)19(12-20(15)23)21-13-26-5-4-17(11-22(26)24-21)25-6-8-27(9-7-25)31(29,30)18-2-3-18;1-14-9-15(13-25)17(11-18(14)21)19-12-24-8-5-16(10-20(24)22-19)23-6-3-2-4-7-23;1-13-8-14(12-25)16(10-17(13)20)18-11-24-5-2-15(9-19(24)22-18)23-6-3-21-4-7-23;1-6-2-7(5-13)8(3-9(6)12)10(14)4-11;11-10-8-9(4-5-12-10)13-6-2-1-3-7-13;/h4-5,10-13,18,28H,2-3,6-9,14H2,1H3;5,8-12,25H,2-4,6-7,13H2,1H3;2,5,8-11,21,25H,3-4,6-7,12H2,1H3;2-3,13H,4-5H2,1H3;4-5,8H,1-3,6-7H2,(H2,11,12);1H. The van der Waals surface area contributed by atoms with Gasteiger partial charge in [0.15, 0.2) is 5.78 Å². The van der Waals surface area contributed by atoms with Crippen LogP contribution in [0.4, 0.5) is 28.6 Å². The number of halogens is 6. The molecule has 0 bridgehead atoms. The van der Waals surface area contributed by atoms with Crippen LogP contribution in [-0.2, 0) is 36.5 Å². The molecule has 0 radical (unpaired) electrons. The number of nitrogens with zero attached hydrogens (tertiary/aromatic N) is 12. The lowest BCUT2D eigenvalue weighted by Gasteiger charge is -2.35. The molecule has 0 spiro atoms. The van der Waals surface area contributed by atoms with Crippen molar-refractivity contribution in [2.45, 2.75) is 111 Å². The van der Waals surface area contributed by atoms with Crippen LogP contribution in [0, 0.1) is 27.7 Å². The Morgan fingerprint density at radius 2 is 0.844 bits per heavy atom. The van der Waals surface area contributed by atoms with Gasteiger partial charge in [-0.05, 0) is 172 Å². The van der Waals surface area contributed by atoms with Crippen molar-refractivity contribution in [1.82, 2.24) is 42.8 Å². The van der Waals surface area contributed by atoms with E-state index in [0.717, 1.165) is 161 Å². The molecular formula is C81H94BrCl5N14O7S. The van der Waals surface area contributed by atoms with Gasteiger partial charge in [-0.2, -0.15) is 4.31 Å². The molecule has 4 saturated heterocycles. The number of aliphatic hydroxyl groups is 4. The van der Waals surface area contributed by atoms with Crippen molar-refractivity contribution in [3.05, 3.63) is 211 Å². The molecule has 1 saturated carbocycles. The molecule has 5 aliphatic rings. The molecule has 109 heavy (non-hydrogen) atoms. The van der Waals surface area contributed by atoms with Gasteiger partial charge in [0.25, 0.3) is 0 Å². The number of piperidine rings is 2. The van der Waals surface area contributed by atoms with Gasteiger partial charge < -0.3 is 64.3 Å². The second kappa shape index (κ2) is 37.6. The summed E-state index contributed by atoms with van der Waals surface area (Å²) in [6.07, 6.45) is 23.1. The van der Waals surface area contributed by atoms with Crippen molar-refractivity contribution >= 4 is 136 Å². The van der Waals surface area contributed by atoms with Gasteiger partial charge in [-0.25, -0.2) is 28.4 Å². The van der Waals surface area contributed by atoms with Gasteiger partial charge in [0, 0.05) is 211 Å². The maximum absolute atomic E-state index is 12.5. The molecule has 7 aromatic heterocycles. The van der Waals surface area contributed by atoms with Gasteiger partial charge in [-0.1, -0.05) is 86.6 Å². The Labute approximate surface area is 671 Å². The summed E-state index contributed by atoms with van der Waals surface area (Å²) in [5.74, 6) is 0.541. The number of sulfonamides is 1. The summed E-state index contributed by atoms with van der Waals surface area (Å²) in [6.45, 7) is 18.3. The average Bonchev–Trinajstić information content (AvgIpc) is 1.66. The lowest BCUT2D eigenvalue weighted by atomic mass is 10.0. The molecule has 4 aromatic carbocycles. The van der Waals surface area contributed by atoms with E-state index in [2.05, 4.69) is 76.3 Å². The van der Waals surface area contributed by atoms with E-state index in [1.54, 1.807) is 22.6 Å². The highest BCUT2D eigenvalue weighted by atomic mass is 79.9. The van der Waals surface area contributed by atoms with Crippen molar-refractivity contribution in [1.29, 1.82) is 0 Å². The highest BCUT2D eigenvalue weighted by Gasteiger charge is 2.41. The fourth-order valence-corrected chi connectivity index (χ4v) is 16.8. The van der Waals surface area contributed by atoms with E-state index in [1.807, 2.05) is 133 Å². The topological polar surface area (TPSA) is 251 Å². The number of nitrogen functional groups attached to an aromatic ring is 1. The normalized spacial score (nSPS) is 15.5. The number of aryl methyl sites for hydroxylation is 4. The summed E-state index contributed by atoms with van der Waals surface area (Å²) in [5, 5.41) is 44.3. The molecule has 7 N–H and O–H groups in total. The molecule has 16 rings (SSSR count). The first-order valence-electron chi connectivity index (χ1n) is 36.7. The molecule has 11 heterocycles. The number of pyridine rings is 4. The number of piperazine rings is 2. The molecule has 28 heteroatoms. The Morgan fingerprint density at radius 1 is 0.486 bits per heavy atom. The molecule has 0 unspecified atom stereocenters. The second-order valence-electron chi connectivity index (χ2n) is 28.0. The maximum atomic E-state index is 12.5. The number of Topliss-reactive ketones (excluding diaryl/α,β-unsaturated/α-hetero) is 1.